The van der Waals surface area contributed by atoms with Crippen LogP contribution in [0.1, 0.15) is 79.1 Å². The van der Waals surface area contributed by atoms with Gasteiger partial charge in [-0.15, -0.1) is 6.58 Å². The summed E-state index contributed by atoms with van der Waals surface area (Å²) in [4.78, 5) is 0. The molecule has 0 aliphatic heterocycles. The Labute approximate surface area is 339 Å². The molecule has 0 heterocycles. The Bertz CT molecular complexity index is 2640. The van der Waals surface area contributed by atoms with Crippen molar-refractivity contribution in [3.8, 4) is 23.7 Å². The van der Waals surface area contributed by atoms with Gasteiger partial charge in [-0.3, -0.25) is 0 Å². The van der Waals surface area contributed by atoms with Crippen molar-refractivity contribution in [2.24, 2.45) is 0 Å². The van der Waals surface area contributed by atoms with Gasteiger partial charge in [-0.05, 0) is 184 Å². The predicted octanol–water partition coefficient (Wildman–Crippen LogP) is 15.2. The number of rotatable bonds is 4. The molecule has 0 amide bonds. The minimum absolute atomic E-state index is 1.03. The molecule has 8 aromatic rings. The van der Waals surface area contributed by atoms with Crippen molar-refractivity contribution in [1.82, 2.24) is 0 Å². The highest BCUT2D eigenvalue weighted by molar-refractivity contribution is 6.01. The summed E-state index contributed by atoms with van der Waals surface area (Å²) in [5, 5.41) is 9.78. The van der Waals surface area contributed by atoms with Crippen LogP contribution in [0.2, 0.25) is 0 Å². The van der Waals surface area contributed by atoms with Gasteiger partial charge in [-0.25, -0.2) is 0 Å². The van der Waals surface area contributed by atoms with E-state index in [9.17, 15) is 0 Å². The Hall–Kier alpha value is -6.86. The van der Waals surface area contributed by atoms with Gasteiger partial charge in [0.1, 0.15) is 0 Å². The first-order valence-corrected chi connectivity index (χ1v) is 19.9. The van der Waals surface area contributed by atoms with Crippen molar-refractivity contribution < 1.29 is 0 Å². The van der Waals surface area contributed by atoms with Crippen LogP contribution in [0.3, 0.4) is 0 Å². The monoisotopic (exact) mass is 734 g/mol. The maximum atomic E-state index is 3.36. The minimum Gasteiger partial charge on any atom is -0.103 e. The normalized spacial score (nSPS) is 10.7. The van der Waals surface area contributed by atoms with Gasteiger partial charge in [0.05, 0.1) is 0 Å². The average molecular weight is 735 g/mol. The molecule has 0 saturated heterocycles. The number of hydrogen-bond donors (Lipinski definition) is 0. The van der Waals surface area contributed by atoms with Gasteiger partial charge in [0, 0.05) is 22.3 Å². The lowest BCUT2D eigenvalue weighted by Crippen LogP contribution is -1.83. The maximum Gasteiger partial charge on any atom is 0.0255 e. The molecule has 8 aromatic carbocycles. The van der Waals surface area contributed by atoms with Gasteiger partial charge in [-0.1, -0.05) is 129 Å². The van der Waals surface area contributed by atoms with Crippen molar-refractivity contribution in [2.45, 2.75) is 47.5 Å². The SMILES string of the molecule is C/C=C\C.C=CC.CCc1ccc(C#Cc2ccc3cc4cc(/C=C/c5ccc6cc7cc(C#Cc8ccc(CC)cc8)ccc7cc6c5)ccc4cc3c2)cc1. The molecule has 0 aliphatic carbocycles. The predicted molar refractivity (Wildman–Crippen MR) is 252 cm³/mol. The Morgan fingerprint density at radius 3 is 1.00 bits per heavy atom. The second-order valence-electron chi connectivity index (χ2n) is 14.1. The largest absolute Gasteiger partial charge is 0.103 e. The smallest absolute Gasteiger partial charge is 0.0255 e. The van der Waals surface area contributed by atoms with Crippen LogP contribution in [0.5, 0.6) is 0 Å². The highest BCUT2D eigenvalue weighted by atomic mass is 14.1. The first-order chi connectivity index (χ1) is 27.9. The molecule has 0 aromatic heterocycles. The van der Waals surface area contributed by atoms with E-state index >= 15 is 0 Å². The van der Waals surface area contributed by atoms with E-state index in [2.05, 4.69) is 202 Å². The van der Waals surface area contributed by atoms with E-state index in [1.165, 1.54) is 65.3 Å². The molecule has 0 nitrogen and oxygen atoms in total. The van der Waals surface area contributed by atoms with Crippen molar-refractivity contribution >= 4 is 55.2 Å². The Balaban J connectivity index is 0.000000730. The van der Waals surface area contributed by atoms with Gasteiger partial charge < -0.3 is 0 Å². The molecule has 8 rings (SSSR count). The van der Waals surface area contributed by atoms with Crippen molar-refractivity contribution in [3.05, 3.63) is 215 Å². The lowest BCUT2D eigenvalue weighted by molar-refractivity contribution is 1.14. The molecule has 0 saturated carbocycles. The Morgan fingerprint density at radius 1 is 0.368 bits per heavy atom. The topological polar surface area (TPSA) is 0 Å². The van der Waals surface area contributed by atoms with E-state index in [-0.39, 0.29) is 0 Å². The zero-order valence-electron chi connectivity index (χ0n) is 33.9. The maximum absolute atomic E-state index is 3.36. The van der Waals surface area contributed by atoms with Gasteiger partial charge in [0.2, 0.25) is 0 Å². The number of benzene rings is 8. The summed E-state index contributed by atoms with van der Waals surface area (Å²) < 4.78 is 0. The summed E-state index contributed by atoms with van der Waals surface area (Å²) in [5.74, 6) is 13.3. The van der Waals surface area contributed by atoms with E-state index < -0.39 is 0 Å². The van der Waals surface area contributed by atoms with Gasteiger partial charge in [0.25, 0.3) is 0 Å². The summed E-state index contributed by atoms with van der Waals surface area (Å²) in [6, 6.07) is 52.5. The third kappa shape index (κ3) is 10.7. The number of allylic oxidation sites excluding steroid dienone is 3. The third-order valence-electron chi connectivity index (χ3n) is 9.87. The quantitative estimate of drug-likeness (QED) is 0.0731. The first-order valence-electron chi connectivity index (χ1n) is 19.9. The fraction of sp³-hybridized carbons (Fsp3) is 0.123. The number of fused-ring (bicyclic) bond motifs is 4. The fourth-order valence-corrected chi connectivity index (χ4v) is 6.52. The second-order valence-corrected chi connectivity index (χ2v) is 14.1. The Kier molecular flexibility index (Phi) is 13.7. The molecule has 0 aliphatic rings. The van der Waals surface area contributed by atoms with Crippen LogP contribution in [0.15, 0.2) is 170 Å². The van der Waals surface area contributed by atoms with Crippen LogP contribution < -0.4 is 0 Å². The third-order valence-corrected chi connectivity index (χ3v) is 9.87. The van der Waals surface area contributed by atoms with Crippen LogP contribution in [0, 0.1) is 23.7 Å². The molecule has 0 atom stereocenters. The van der Waals surface area contributed by atoms with E-state index in [0.29, 0.717) is 0 Å². The molecule has 0 fully saturated rings. The van der Waals surface area contributed by atoms with Crippen LogP contribution in [0.25, 0.3) is 55.2 Å². The molecule has 0 unspecified atom stereocenters. The first kappa shape index (κ1) is 39.8. The standard InChI is InChI=1S/C50H36.C4H8.C3H6/c1-3-35-5-9-37(10-6-35)13-15-39-19-23-43-33-49-29-41(21-25-45(49)31-47(43)27-39)17-18-42-22-26-46-32-48-28-40(20-24-44(48)34-50(46)30-42)16-14-38-11-7-36(4-2)8-12-38;1-3-4-2;1-3-2/h5-12,17-34H,3-4H2,1-2H3;3-4H,1-2H3;3H,1H2,2H3/b18-17+;4-3-;. The summed E-state index contributed by atoms with van der Waals surface area (Å²) in [7, 11) is 0. The lowest BCUT2D eigenvalue weighted by atomic mass is 9.99. The number of aryl methyl sites for hydroxylation is 2. The summed E-state index contributed by atoms with van der Waals surface area (Å²) in [5.41, 5.74) is 9.18. The molecule has 0 heteroatoms. The van der Waals surface area contributed by atoms with Crippen LogP contribution in [0.4, 0.5) is 0 Å². The lowest BCUT2D eigenvalue weighted by Gasteiger charge is -2.06. The van der Waals surface area contributed by atoms with Crippen molar-refractivity contribution in [1.29, 1.82) is 0 Å². The molecular formula is C57H50. The zero-order valence-corrected chi connectivity index (χ0v) is 33.9. The Morgan fingerprint density at radius 2 is 0.667 bits per heavy atom. The van der Waals surface area contributed by atoms with E-state index in [1.54, 1.807) is 6.08 Å². The highest BCUT2D eigenvalue weighted by Gasteiger charge is 2.03. The second kappa shape index (κ2) is 19.6. The average Bonchev–Trinajstić information content (AvgIpc) is 3.26. The minimum atomic E-state index is 1.03. The molecule has 0 bridgehead atoms. The molecular weight excluding hydrogens is 685 g/mol. The van der Waals surface area contributed by atoms with Gasteiger partial charge >= 0.3 is 0 Å². The summed E-state index contributed by atoms with van der Waals surface area (Å²) >= 11 is 0. The van der Waals surface area contributed by atoms with Crippen LogP contribution in [-0.2, 0) is 12.8 Å². The molecule has 57 heavy (non-hydrogen) atoms. The molecule has 278 valence electrons. The van der Waals surface area contributed by atoms with E-state index in [0.717, 1.165) is 35.1 Å². The summed E-state index contributed by atoms with van der Waals surface area (Å²) in [6.07, 6.45) is 12.2. The van der Waals surface area contributed by atoms with Crippen LogP contribution >= 0.6 is 0 Å². The fourth-order valence-electron chi connectivity index (χ4n) is 6.52. The summed E-state index contributed by atoms with van der Waals surface area (Å²) in [6.45, 7) is 13.6. The zero-order chi connectivity index (χ0) is 40.0. The van der Waals surface area contributed by atoms with Crippen LogP contribution in [-0.4, -0.2) is 0 Å². The highest BCUT2D eigenvalue weighted by Crippen LogP contribution is 2.28. The van der Waals surface area contributed by atoms with Crippen molar-refractivity contribution in [2.75, 3.05) is 0 Å². The molecule has 0 spiro atoms. The van der Waals surface area contributed by atoms with Gasteiger partial charge in [0.15, 0.2) is 0 Å². The van der Waals surface area contributed by atoms with E-state index in [1.807, 2.05) is 32.9 Å². The van der Waals surface area contributed by atoms with Crippen molar-refractivity contribution in [3.63, 3.8) is 0 Å². The van der Waals surface area contributed by atoms with E-state index in [4.69, 9.17) is 0 Å². The molecule has 0 radical (unpaired) electrons. The number of hydrogen-bond acceptors (Lipinski definition) is 0. The molecule has 0 N–H and O–H groups in total. The van der Waals surface area contributed by atoms with Gasteiger partial charge in [-0.2, -0.15) is 0 Å².